The Bertz CT molecular complexity index is 303. The molecule has 64 valence electrons. The maximum Gasteiger partial charge on any atom is 0.302 e. The van der Waals surface area contributed by atoms with Gasteiger partial charge in [-0.15, -0.1) is 0 Å². The van der Waals surface area contributed by atoms with E-state index < -0.39 is 12.2 Å². The zero-order valence-corrected chi connectivity index (χ0v) is 6.55. The molecule has 0 amide bonds. The lowest BCUT2D eigenvalue weighted by Crippen LogP contribution is -2.12. The highest BCUT2D eigenvalue weighted by molar-refractivity contribution is 6.33. The average Bonchev–Trinajstić information content (AvgIpc) is 2.04. The minimum absolute atomic E-state index is 0.0530. The molecule has 0 aromatic carbocycles. The normalized spacial score (nSPS) is 10.3. The quantitative estimate of drug-likeness (QED) is 0.671. The van der Waals surface area contributed by atoms with Crippen LogP contribution in [-0.2, 0) is 0 Å². The molecular formula is C7H4ClF2NO. The Morgan fingerprint density at radius 1 is 1.58 bits per heavy atom. The van der Waals surface area contributed by atoms with Crippen LogP contribution in [-0.4, -0.2) is 17.2 Å². The molecule has 0 aliphatic carbocycles. The molecule has 2 nitrogen and oxygen atoms in total. The van der Waals surface area contributed by atoms with Gasteiger partial charge in [0, 0.05) is 6.20 Å². The van der Waals surface area contributed by atoms with E-state index in [9.17, 15) is 13.6 Å². The largest absolute Gasteiger partial charge is 0.302 e. The second kappa shape index (κ2) is 3.58. The van der Waals surface area contributed by atoms with Crippen molar-refractivity contribution in [3.8, 4) is 0 Å². The number of rotatable bonds is 2. The van der Waals surface area contributed by atoms with Gasteiger partial charge >= 0.3 is 6.43 Å². The lowest BCUT2D eigenvalue weighted by molar-refractivity contribution is 0.0673. The number of halogens is 3. The lowest BCUT2D eigenvalue weighted by atomic mass is 10.2. The van der Waals surface area contributed by atoms with E-state index in [0.717, 1.165) is 0 Å². The Morgan fingerprint density at radius 2 is 2.25 bits per heavy atom. The molecule has 0 radical (unpaired) electrons. The molecule has 0 N–H and O–H groups in total. The molecule has 0 fully saturated rings. The van der Waals surface area contributed by atoms with E-state index in [4.69, 9.17) is 11.6 Å². The predicted octanol–water partition coefficient (Wildman–Crippen LogP) is 2.18. The molecule has 0 saturated heterocycles. The van der Waals surface area contributed by atoms with E-state index in [2.05, 4.69) is 4.98 Å². The molecule has 0 unspecified atom stereocenters. The predicted molar refractivity (Wildman–Crippen MR) is 39.6 cm³/mol. The Morgan fingerprint density at radius 3 is 2.75 bits per heavy atom. The van der Waals surface area contributed by atoms with Crippen LogP contribution in [0.5, 0.6) is 0 Å². The van der Waals surface area contributed by atoms with Gasteiger partial charge in [-0.05, 0) is 12.1 Å². The smallest absolute Gasteiger partial charge is 0.286 e. The molecule has 5 heteroatoms. The van der Waals surface area contributed by atoms with E-state index in [1.54, 1.807) is 0 Å². The molecule has 12 heavy (non-hydrogen) atoms. The van der Waals surface area contributed by atoms with Gasteiger partial charge in [0.25, 0.3) is 0 Å². The highest BCUT2D eigenvalue weighted by Crippen LogP contribution is 2.15. The van der Waals surface area contributed by atoms with Crippen LogP contribution < -0.4 is 0 Å². The van der Waals surface area contributed by atoms with Crippen molar-refractivity contribution >= 4 is 17.4 Å². The highest BCUT2D eigenvalue weighted by Gasteiger charge is 2.21. The molecule has 0 saturated carbocycles. The fourth-order valence-electron chi connectivity index (χ4n) is 0.670. The zero-order valence-electron chi connectivity index (χ0n) is 5.80. The summed E-state index contributed by atoms with van der Waals surface area (Å²) in [6.07, 6.45) is -1.82. The van der Waals surface area contributed by atoms with Crippen molar-refractivity contribution in [2.75, 3.05) is 0 Å². The highest BCUT2D eigenvalue weighted by atomic mass is 35.5. The van der Waals surface area contributed by atoms with Crippen LogP contribution in [0.15, 0.2) is 18.3 Å². The second-order valence-corrected chi connectivity index (χ2v) is 2.41. The summed E-state index contributed by atoms with van der Waals surface area (Å²) in [7, 11) is 0. The zero-order chi connectivity index (χ0) is 9.14. The van der Waals surface area contributed by atoms with Crippen molar-refractivity contribution in [2.24, 2.45) is 0 Å². The third-order valence-corrected chi connectivity index (χ3v) is 1.50. The molecule has 1 aromatic rings. The van der Waals surface area contributed by atoms with Gasteiger partial charge in [0.05, 0.1) is 5.02 Å². The van der Waals surface area contributed by atoms with Crippen molar-refractivity contribution in [1.29, 1.82) is 0 Å². The SMILES string of the molecule is O=C(c1ncccc1Cl)C(F)F. The first-order valence-electron chi connectivity index (χ1n) is 3.06. The molecule has 0 spiro atoms. The molecule has 1 aromatic heterocycles. The van der Waals surface area contributed by atoms with E-state index in [1.807, 2.05) is 0 Å². The molecule has 0 aliphatic rings. The molecule has 0 aliphatic heterocycles. The average molecular weight is 192 g/mol. The maximum atomic E-state index is 11.8. The van der Waals surface area contributed by atoms with E-state index >= 15 is 0 Å². The van der Waals surface area contributed by atoms with Gasteiger partial charge in [0.1, 0.15) is 5.69 Å². The third kappa shape index (κ3) is 1.76. The maximum absolute atomic E-state index is 11.8. The number of pyridine rings is 1. The van der Waals surface area contributed by atoms with Crippen LogP contribution in [0.1, 0.15) is 10.5 Å². The van der Waals surface area contributed by atoms with Crippen LogP contribution in [0.2, 0.25) is 5.02 Å². The van der Waals surface area contributed by atoms with Gasteiger partial charge in [-0.2, -0.15) is 0 Å². The number of nitrogens with zero attached hydrogens (tertiary/aromatic N) is 1. The summed E-state index contributed by atoms with van der Waals surface area (Å²) in [5.74, 6) is -1.35. The van der Waals surface area contributed by atoms with E-state index in [0.29, 0.717) is 0 Å². The standard InChI is InChI=1S/C7H4ClF2NO/c8-4-2-1-3-11-5(4)6(12)7(9)10/h1-3,7H. The third-order valence-electron chi connectivity index (χ3n) is 1.19. The van der Waals surface area contributed by atoms with E-state index in [1.165, 1.54) is 18.3 Å². The van der Waals surface area contributed by atoms with Gasteiger partial charge in [-0.1, -0.05) is 11.6 Å². The molecule has 1 rings (SSSR count). The monoisotopic (exact) mass is 191 g/mol. The van der Waals surface area contributed by atoms with Crippen molar-refractivity contribution < 1.29 is 13.6 Å². The molecule has 1 heterocycles. The number of Topliss-reactive ketones (excluding diaryl/α,β-unsaturated/α-hetero) is 1. The van der Waals surface area contributed by atoms with Gasteiger partial charge in [0.15, 0.2) is 0 Å². The van der Waals surface area contributed by atoms with Crippen molar-refractivity contribution in [2.45, 2.75) is 6.43 Å². The summed E-state index contributed by atoms with van der Waals surface area (Å²) in [4.78, 5) is 14.1. The minimum Gasteiger partial charge on any atom is -0.286 e. The molecule has 0 atom stereocenters. The fraction of sp³-hybridized carbons (Fsp3) is 0.143. The van der Waals surface area contributed by atoms with Crippen molar-refractivity contribution in [3.63, 3.8) is 0 Å². The number of hydrogen-bond donors (Lipinski definition) is 0. The van der Waals surface area contributed by atoms with Crippen molar-refractivity contribution in [1.82, 2.24) is 4.98 Å². The molecular weight excluding hydrogens is 188 g/mol. The first-order valence-corrected chi connectivity index (χ1v) is 3.43. The number of alkyl halides is 2. The van der Waals surface area contributed by atoms with Gasteiger partial charge < -0.3 is 0 Å². The van der Waals surface area contributed by atoms with Crippen molar-refractivity contribution in [3.05, 3.63) is 29.0 Å². The van der Waals surface area contributed by atoms with Gasteiger partial charge in [0.2, 0.25) is 5.78 Å². The van der Waals surface area contributed by atoms with Gasteiger partial charge in [-0.3, -0.25) is 9.78 Å². The summed E-state index contributed by atoms with van der Waals surface area (Å²) >= 11 is 5.45. The molecule has 0 bridgehead atoms. The Kier molecular flexibility index (Phi) is 2.70. The fourth-order valence-corrected chi connectivity index (χ4v) is 0.885. The topological polar surface area (TPSA) is 30.0 Å². The van der Waals surface area contributed by atoms with Crippen LogP contribution >= 0.6 is 11.6 Å². The number of carbonyl (C=O) groups is 1. The van der Waals surface area contributed by atoms with Crippen LogP contribution in [0.3, 0.4) is 0 Å². The van der Waals surface area contributed by atoms with Crippen LogP contribution in [0, 0.1) is 0 Å². The Balaban J connectivity index is 3.03. The first-order chi connectivity index (χ1) is 5.63. The van der Waals surface area contributed by atoms with Crippen LogP contribution in [0.25, 0.3) is 0 Å². The summed E-state index contributed by atoms with van der Waals surface area (Å²) in [5, 5.41) is -0.0530. The lowest BCUT2D eigenvalue weighted by Gasteiger charge is -1.99. The summed E-state index contributed by atoms with van der Waals surface area (Å²) in [6, 6.07) is 2.80. The van der Waals surface area contributed by atoms with Gasteiger partial charge in [-0.25, -0.2) is 8.78 Å². The number of carbonyl (C=O) groups excluding carboxylic acids is 1. The number of hydrogen-bond acceptors (Lipinski definition) is 2. The number of ketones is 1. The first kappa shape index (κ1) is 9.06. The number of aromatic nitrogens is 1. The van der Waals surface area contributed by atoms with Crippen LogP contribution in [0.4, 0.5) is 8.78 Å². The summed E-state index contributed by atoms with van der Waals surface area (Å²) in [6.45, 7) is 0. The summed E-state index contributed by atoms with van der Waals surface area (Å²) < 4.78 is 23.7. The second-order valence-electron chi connectivity index (χ2n) is 2.00. The Labute approximate surface area is 72.2 Å². The minimum atomic E-state index is -3.06. The Hall–Kier alpha value is -1.03. The summed E-state index contributed by atoms with van der Waals surface area (Å²) in [5.41, 5.74) is -0.380. The van der Waals surface area contributed by atoms with E-state index in [-0.39, 0.29) is 10.7 Å².